The van der Waals surface area contributed by atoms with E-state index in [1.54, 1.807) is 6.26 Å². The summed E-state index contributed by atoms with van der Waals surface area (Å²) in [5, 5.41) is 0. The van der Waals surface area contributed by atoms with Gasteiger partial charge in [-0.05, 0) is 26.0 Å². The van der Waals surface area contributed by atoms with Gasteiger partial charge in [0, 0.05) is 23.2 Å². The number of H-pyrrole nitrogens is 1. The van der Waals surface area contributed by atoms with Gasteiger partial charge in [0.2, 0.25) is 0 Å². The minimum atomic E-state index is 0.926. The molecule has 4 aromatic rings. The van der Waals surface area contributed by atoms with Gasteiger partial charge in [-0.3, -0.25) is 0 Å². The summed E-state index contributed by atoms with van der Waals surface area (Å²) in [6, 6.07) is 22.4. The van der Waals surface area contributed by atoms with Crippen LogP contribution in [0.1, 0.15) is 24.0 Å². The topological polar surface area (TPSA) is 41.8 Å². The summed E-state index contributed by atoms with van der Waals surface area (Å²) in [7, 11) is 0. The molecule has 2 aromatic heterocycles. The zero-order valence-corrected chi connectivity index (χ0v) is 15.5. The molecule has 2 heterocycles. The molecule has 4 rings (SSSR count). The van der Waals surface area contributed by atoms with Crippen LogP contribution >= 0.6 is 0 Å². The molecule has 0 aliphatic rings. The zero-order chi connectivity index (χ0) is 18.4. The van der Waals surface area contributed by atoms with Crippen LogP contribution in [0.15, 0.2) is 77.4 Å². The number of hydrogen-bond acceptors (Lipinski definition) is 2. The van der Waals surface area contributed by atoms with Crippen molar-refractivity contribution in [2.24, 2.45) is 0 Å². The Morgan fingerprint density at radius 2 is 1.58 bits per heavy atom. The fourth-order valence-corrected chi connectivity index (χ4v) is 2.73. The molecule has 0 amide bonds. The van der Waals surface area contributed by atoms with E-state index in [4.69, 9.17) is 4.42 Å². The molecule has 26 heavy (non-hydrogen) atoms. The number of hydrogen-bond donors (Lipinski definition) is 1. The van der Waals surface area contributed by atoms with Gasteiger partial charge in [-0.25, -0.2) is 4.98 Å². The van der Waals surface area contributed by atoms with Gasteiger partial charge in [-0.15, -0.1) is 0 Å². The average Bonchev–Trinajstić information content (AvgIpc) is 3.33. The molecule has 0 aliphatic heterocycles. The van der Waals surface area contributed by atoms with Crippen LogP contribution in [0.4, 0.5) is 0 Å². The van der Waals surface area contributed by atoms with Crippen LogP contribution in [0.25, 0.3) is 22.6 Å². The van der Waals surface area contributed by atoms with Crippen LogP contribution in [0.2, 0.25) is 0 Å². The number of imidazole rings is 1. The molecule has 3 nitrogen and oxygen atoms in total. The van der Waals surface area contributed by atoms with Crippen molar-refractivity contribution in [2.45, 2.75) is 27.2 Å². The van der Waals surface area contributed by atoms with Crippen LogP contribution in [0.5, 0.6) is 0 Å². The Balaban J connectivity index is 0.000000152. The maximum absolute atomic E-state index is 5.26. The van der Waals surface area contributed by atoms with E-state index in [1.165, 1.54) is 11.1 Å². The van der Waals surface area contributed by atoms with E-state index in [0.717, 1.165) is 35.0 Å². The molecule has 0 unspecified atom stereocenters. The predicted octanol–water partition coefficient (Wildman–Crippen LogP) is 6.20. The average molecular weight is 344 g/mol. The summed E-state index contributed by atoms with van der Waals surface area (Å²) in [6.45, 7) is 6.24. The number of benzene rings is 2. The number of furan rings is 1. The van der Waals surface area contributed by atoms with Crippen molar-refractivity contribution in [3.05, 3.63) is 90.1 Å². The third-order valence-electron chi connectivity index (χ3n) is 4.17. The van der Waals surface area contributed by atoms with Crippen LogP contribution in [0.3, 0.4) is 0 Å². The molecule has 0 saturated carbocycles. The second-order valence-corrected chi connectivity index (χ2v) is 6.22. The SMILES string of the molecule is CCc1nc(-c2ccccc2)c(C)[nH]1.Cc1ccc(-c2ccco2)cc1. The van der Waals surface area contributed by atoms with Crippen molar-refractivity contribution in [3.63, 3.8) is 0 Å². The van der Waals surface area contributed by atoms with Crippen molar-refractivity contribution in [3.8, 4) is 22.6 Å². The molecule has 0 radical (unpaired) electrons. The number of rotatable bonds is 3. The highest BCUT2D eigenvalue weighted by Crippen LogP contribution is 2.21. The standard InChI is InChI=1S/C12H14N2.C11H10O/c1-3-11-13-9(2)12(14-11)10-7-5-4-6-8-10;1-9-4-6-10(7-5-9)11-3-2-8-12-11/h4-8H,3H2,1-2H3,(H,13,14);2-8H,1H3. The van der Waals surface area contributed by atoms with Gasteiger partial charge in [-0.2, -0.15) is 0 Å². The minimum Gasteiger partial charge on any atom is -0.464 e. The van der Waals surface area contributed by atoms with Crippen LogP contribution in [-0.4, -0.2) is 9.97 Å². The summed E-state index contributed by atoms with van der Waals surface area (Å²) in [5.41, 5.74) is 5.80. The Hall–Kier alpha value is -3.07. The summed E-state index contributed by atoms with van der Waals surface area (Å²) in [4.78, 5) is 7.82. The van der Waals surface area contributed by atoms with Gasteiger partial charge in [-0.1, -0.05) is 67.1 Å². The van der Waals surface area contributed by atoms with Crippen molar-refractivity contribution in [2.75, 3.05) is 0 Å². The zero-order valence-electron chi connectivity index (χ0n) is 15.5. The molecular formula is C23H24N2O. The highest BCUT2D eigenvalue weighted by Gasteiger charge is 2.06. The highest BCUT2D eigenvalue weighted by molar-refractivity contribution is 5.61. The maximum Gasteiger partial charge on any atom is 0.133 e. The third-order valence-corrected chi connectivity index (χ3v) is 4.17. The van der Waals surface area contributed by atoms with E-state index >= 15 is 0 Å². The van der Waals surface area contributed by atoms with Crippen molar-refractivity contribution >= 4 is 0 Å². The molecule has 0 saturated heterocycles. The van der Waals surface area contributed by atoms with Gasteiger partial charge in [0.05, 0.1) is 12.0 Å². The second-order valence-electron chi connectivity index (χ2n) is 6.22. The highest BCUT2D eigenvalue weighted by atomic mass is 16.3. The van der Waals surface area contributed by atoms with Gasteiger partial charge in [0.15, 0.2) is 0 Å². The Morgan fingerprint density at radius 1 is 0.846 bits per heavy atom. The molecule has 0 fully saturated rings. The van der Waals surface area contributed by atoms with Gasteiger partial charge in [0.25, 0.3) is 0 Å². The Morgan fingerprint density at radius 3 is 2.15 bits per heavy atom. The van der Waals surface area contributed by atoms with E-state index in [-0.39, 0.29) is 0 Å². The van der Waals surface area contributed by atoms with Crippen LogP contribution in [0, 0.1) is 13.8 Å². The first kappa shape index (κ1) is 17.7. The summed E-state index contributed by atoms with van der Waals surface area (Å²) in [6.07, 6.45) is 2.64. The van der Waals surface area contributed by atoms with Gasteiger partial charge < -0.3 is 9.40 Å². The first-order chi connectivity index (χ1) is 12.7. The van der Waals surface area contributed by atoms with E-state index in [0.29, 0.717) is 0 Å². The Labute approximate surface area is 154 Å². The molecule has 0 spiro atoms. The molecule has 0 atom stereocenters. The quantitative estimate of drug-likeness (QED) is 0.480. The molecule has 0 bridgehead atoms. The fraction of sp³-hybridized carbons (Fsp3) is 0.174. The number of nitrogens with zero attached hydrogens (tertiary/aromatic N) is 1. The summed E-state index contributed by atoms with van der Waals surface area (Å²) >= 11 is 0. The first-order valence-electron chi connectivity index (χ1n) is 8.89. The maximum atomic E-state index is 5.26. The van der Waals surface area contributed by atoms with E-state index in [2.05, 4.69) is 67.1 Å². The van der Waals surface area contributed by atoms with Gasteiger partial charge in [0.1, 0.15) is 11.6 Å². The molecule has 0 aliphatic carbocycles. The first-order valence-corrected chi connectivity index (χ1v) is 8.89. The summed E-state index contributed by atoms with van der Waals surface area (Å²) < 4.78 is 5.26. The van der Waals surface area contributed by atoms with Crippen molar-refractivity contribution < 1.29 is 4.42 Å². The molecule has 1 N–H and O–H groups in total. The third kappa shape index (κ3) is 4.31. The molecular weight excluding hydrogens is 320 g/mol. The van der Waals surface area contributed by atoms with Crippen LogP contribution < -0.4 is 0 Å². The van der Waals surface area contributed by atoms with Crippen LogP contribution in [-0.2, 0) is 6.42 Å². The van der Waals surface area contributed by atoms with E-state index < -0.39 is 0 Å². The monoisotopic (exact) mass is 344 g/mol. The minimum absolute atomic E-state index is 0.926. The largest absolute Gasteiger partial charge is 0.464 e. The lowest BCUT2D eigenvalue weighted by Gasteiger charge is -1.96. The molecule has 132 valence electrons. The fourth-order valence-electron chi connectivity index (χ4n) is 2.73. The van der Waals surface area contributed by atoms with E-state index in [1.807, 2.05) is 30.3 Å². The van der Waals surface area contributed by atoms with Crippen molar-refractivity contribution in [1.82, 2.24) is 9.97 Å². The lowest BCUT2D eigenvalue weighted by Crippen LogP contribution is -1.81. The normalized spacial score (nSPS) is 10.3. The summed E-state index contributed by atoms with van der Waals surface area (Å²) in [5.74, 6) is 1.98. The second kappa shape index (κ2) is 8.34. The number of aryl methyl sites for hydroxylation is 3. The predicted molar refractivity (Wildman–Crippen MR) is 107 cm³/mol. The smallest absolute Gasteiger partial charge is 0.133 e. The number of aromatic nitrogens is 2. The molecule has 3 heteroatoms. The van der Waals surface area contributed by atoms with Gasteiger partial charge >= 0.3 is 0 Å². The number of nitrogens with one attached hydrogen (secondary N) is 1. The number of aromatic amines is 1. The lowest BCUT2D eigenvalue weighted by molar-refractivity contribution is 0.582. The molecule has 2 aromatic carbocycles. The van der Waals surface area contributed by atoms with E-state index in [9.17, 15) is 0 Å². The Kier molecular flexibility index (Phi) is 5.69. The lowest BCUT2D eigenvalue weighted by atomic mass is 10.1. The Bertz CT molecular complexity index is 920. The van der Waals surface area contributed by atoms with Crippen molar-refractivity contribution in [1.29, 1.82) is 0 Å².